The normalized spacial score (nSPS) is 13.9. The topological polar surface area (TPSA) is 121 Å². The van der Waals surface area contributed by atoms with E-state index in [4.69, 9.17) is 0 Å². The number of aromatic amines is 1. The van der Waals surface area contributed by atoms with Crippen LogP contribution < -0.4 is 26.7 Å². The summed E-state index contributed by atoms with van der Waals surface area (Å²) in [7, 11) is 3.43. The van der Waals surface area contributed by atoms with E-state index in [9.17, 15) is 19.5 Å². The maximum atomic E-state index is 12.9. The van der Waals surface area contributed by atoms with E-state index in [1.54, 1.807) is 42.3 Å². The summed E-state index contributed by atoms with van der Waals surface area (Å²) >= 11 is 3.41. The molecule has 2 N–H and O–H groups in total. The SMILES string of the molecule is Cc1cc(Br)ccc1-n1c(O)c(C=Nc2cc3c(cc2N2CCN(c4ccccc4)CC2)n(C)c(=O)n3C)c(=O)[nH]c1=O. The molecule has 11 nitrogen and oxygen atoms in total. The minimum absolute atomic E-state index is 0.163. The van der Waals surface area contributed by atoms with Crippen LogP contribution in [0.4, 0.5) is 17.1 Å². The molecule has 6 rings (SSSR count). The molecule has 220 valence electrons. The Morgan fingerprint density at radius 2 is 1.51 bits per heavy atom. The Balaban J connectivity index is 1.43. The van der Waals surface area contributed by atoms with E-state index in [1.807, 2.05) is 36.4 Å². The summed E-state index contributed by atoms with van der Waals surface area (Å²) in [5.41, 5.74) is 3.21. The van der Waals surface area contributed by atoms with E-state index in [0.717, 1.165) is 39.0 Å². The first-order valence-electron chi connectivity index (χ1n) is 13.8. The number of aromatic nitrogens is 4. The molecular formula is C31H30BrN7O4. The van der Waals surface area contributed by atoms with Crippen molar-refractivity contribution in [1.29, 1.82) is 0 Å². The number of hydrogen-bond acceptors (Lipinski definition) is 7. The third-order valence-corrected chi connectivity index (χ3v) is 8.46. The third kappa shape index (κ3) is 5.07. The van der Waals surface area contributed by atoms with Crippen LogP contribution in [-0.2, 0) is 14.1 Å². The Morgan fingerprint density at radius 1 is 0.860 bits per heavy atom. The highest BCUT2D eigenvalue weighted by Gasteiger charge is 2.22. The number of imidazole rings is 1. The number of para-hydroxylation sites is 1. The number of halogens is 1. The lowest BCUT2D eigenvalue weighted by Gasteiger charge is -2.37. The lowest BCUT2D eigenvalue weighted by molar-refractivity contribution is 0.430. The number of nitrogens with one attached hydrogen (secondary N) is 1. The number of H-pyrrole nitrogens is 1. The summed E-state index contributed by atoms with van der Waals surface area (Å²) < 4.78 is 5.01. The molecule has 0 saturated carbocycles. The van der Waals surface area contributed by atoms with Gasteiger partial charge in [0.25, 0.3) is 5.56 Å². The number of nitrogens with zero attached hydrogens (tertiary/aromatic N) is 6. The molecule has 43 heavy (non-hydrogen) atoms. The third-order valence-electron chi connectivity index (χ3n) is 7.96. The van der Waals surface area contributed by atoms with Crippen molar-refractivity contribution in [3.05, 3.63) is 108 Å². The van der Waals surface area contributed by atoms with E-state index in [1.165, 1.54) is 6.21 Å². The maximum Gasteiger partial charge on any atom is 0.335 e. The lowest BCUT2D eigenvalue weighted by atomic mass is 10.1. The van der Waals surface area contributed by atoms with Crippen LogP contribution in [0.25, 0.3) is 16.7 Å². The van der Waals surface area contributed by atoms with Crippen molar-refractivity contribution >= 4 is 50.2 Å². The summed E-state index contributed by atoms with van der Waals surface area (Å²) in [6.45, 7) is 4.80. The van der Waals surface area contributed by atoms with Crippen molar-refractivity contribution in [2.45, 2.75) is 6.92 Å². The molecule has 1 fully saturated rings. The van der Waals surface area contributed by atoms with Crippen LogP contribution in [0.2, 0.25) is 0 Å². The summed E-state index contributed by atoms with van der Waals surface area (Å²) in [5.74, 6) is -0.519. The molecule has 1 saturated heterocycles. The molecule has 5 aromatic rings. The van der Waals surface area contributed by atoms with Gasteiger partial charge in [0.2, 0.25) is 5.88 Å². The molecular weight excluding hydrogens is 614 g/mol. The Morgan fingerprint density at radius 3 is 2.19 bits per heavy atom. The summed E-state index contributed by atoms with van der Waals surface area (Å²) in [6, 6.07) is 19.2. The van der Waals surface area contributed by atoms with Crippen LogP contribution in [0.5, 0.6) is 5.88 Å². The number of benzene rings is 3. The molecule has 0 amide bonds. The fourth-order valence-electron chi connectivity index (χ4n) is 5.61. The van der Waals surface area contributed by atoms with Crippen LogP contribution in [-0.4, -0.2) is 56.2 Å². The number of piperazine rings is 1. The molecule has 12 heteroatoms. The lowest BCUT2D eigenvalue weighted by Crippen LogP contribution is -2.46. The van der Waals surface area contributed by atoms with Crippen LogP contribution in [0, 0.1) is 6.92 Å². The van der Waals surface area contributed by atoms with Gasteiger partial charge in [-0.2, -0.15) is 0 Å². The van der Waals surface area contributed by atoms with Crippen molar-refractivity contribution in [2.24, 2.45) is 19.1 Å². The van der Waals surface area contributed by atoms with E-state index in [2.05, 4.69) is 47.8 Å². The first-order chi connectivity index (χ1) is 20.6. The summed E-state index contributed by atoms with van der Waals surface area (Å²) in [6.07, 6.45) is 1.27. The molecule has 0 radical (unpaired) electrons. The number of anilines is 2. The minimum Gasteiger partial charge on any atom is -0.493 e. The predicted molar refractivity (Wildman–Crippen MR) is 173 cm³/mol. The van der Waals surface area contributed by atoms with E-state index in [0.29, 0.717) is 35.5 Å². The highest BCUT2D eigenvalue weighted by atomic mass is 79.9. The van der Waals surface area contributed by atoms with Crippen LogP contribution in [0.3, 0.4) is 0 Å². The Kier molecular flexibility index (Phi) is 7.30. The number of hydrogen-bond donors (Lipinski definition) is 2. The largest absolute Gasteiger partial charge is 0.493 e. The quantitative estimate of drug-likeness (QED) is 0.283. The van der Waals surface area contributed by atoms with Gasteiger partial charge < -0.3 is 14.9 Å². The molecule has 1 aliphatic rings. The van der Waals surface area contributed by atoms with Crippen LogP contribution in [0.15, 0.2) is 84.5 Å². The second-order valence-corrected chi connectivity index (χ2v) is 11.5. The fourth-order valence-corrected chi connectivity index (χ4v) is 6.08. The number of fused-ring (bicyclic) bond motifs is 1. The van der Waals surface area contributed by atoms with E-state index >= 15 is 0 Å². The Hall–Kier alpha value is -4.84. The second kappa shape index (κ2) is 11.1. The van der Waals surface area contributed by atoms with Gasteiger partial charge in [-0.05, 0) is 55.0 Å². The summed E-state index contributed by atoms with van der Waals surface area (Å²) in [5, 5.41) is 11.2. The molecule has 1 aliphatic heterocycles. The fraction of sp³-hybridized carbons (Fsp3) is 0.226. The Labute approximate surface area is 254 Å². The van der Waals surface area contributed by atoms with E-state index < -0.39 is 17.1 Å². The molecule has 3 aromatic carbocycles. The first kappa shape index (κ1) is 28.3. The maximum absolute atomic E-state index is 12.9. The van der Waals surface area contributed by atoms with Gasteiger partial charge in [0.1, 0.15) is 5.56 Å². The number of aryl methyl sites for hydroxylation is 3. The van der Waals surface area contributed by atoms with Crippen LogP contribution >= 0.6 is 15.9 Å². The van der Waals surface area contributed by atoms with Crippen molar-refractivity contribution in [3.63, 3.8) is 0 Å². The highest BCUT2D eigenvalue weighted by molar-refractivity contribution is 9.10. The van der Waals surface area contributed by atoms with Gasteiger partial charge in [-0.1, -0.05) is 34.1 Å². The molecule has 3 heterocycles. The van der Waals surface area contributed by atoms with Gasteiger partial charge >= 0.3 is 11.4 Å². The molecule has 0 unspecified atom stereocenters. The molecule has 0 atom stereocenters. The zero-order valence-electron chi connectivity index (χ0n) is 23.9. The Bertz CT molecular complexity index is 2070. The average Bonchev–Trinajstić information content (AvgIpc) is 3.21. The zero-order chi connectivity index (χ0) is 30.4. The average molecular weight is 645 g/mol. The van der Waals surface area contributed by atoms with Crippen LogP contribution in [0.1, 0.15) is 11.1 Å². The van der Waals surface area contributed by atoms with Gasteiger partial charge in [0, 0.05) is 56.6 Å². The summed E-state index contributed by atoms with van der Waals surface area (Å²) in [4.78, 5) is 49.9. The molecule has 0 bridgehead atoms. The van der Waals surface area contributed by atoms with Gasteiger partial charge in [-0.25, -0.2) is 14.2 Å². The van der Waals surface area contributed by atoms with Gasteiger partial charge in [0.15, 0.2) is 0 Å². The first-order valence-corrected chi connectivity index (χ1v) is 14.6. The minimum atomic E-state index is -0.761. The smallest absolute Gasteiger partial charge is 0.335 e. The van der Waals surface area contributed by atoms with Crippen molar-refractivity contribution in [2.75, 3.05) is 36.0 Å². The molecule has 0 spiro atoms. The predicted octanol–water partition coefficient (Wildman–Crippen LogP) is 3.57. The zero-order valence-corrected chi connectivity index (χ0v) is 25.5. The van der Waals surface area contributed by atoms with Gasteiger partial charge in [-0.3, -0.25) is 23.9 Å². The number of aromatic hydroxyl groups is 1. The standard InChI is InChI=1S/C31H30BrN7O4/c1-19-15-20(32)9-10-24(19)39-29(41)22(28(40)34-30(39)42)18-33-23-16-26-27(36(3)31(43)35(26)2)17-25(23)38-13-11-37(12-14-38)21-7-5-4-6-8-21/h4-10,15-18,41H,11-14H2,1-3H3,(H,34,40,42). The number of rotatable bonds is 5. The van der Waals surface area contributed by atoms with Gasteiger partial charge in [-0.15, -0.1) is 0 Å². The van der Waals surface area contributed by atoms with Crippen molar-refractivity contribution < 1.29 is 5.11 Å². The highest BCUT2D eigenvalue weighted by Crippen LogP contribution is 2.34. The van der Waals surface area contributed by atoms with Crippen molar-refractivity contribution in [1.82, 2.24) is 18.7 Å². The van der Waals surface area contributed by atoms with Gasteiger partial charge in [0.05, 0.1) is 28.1 Å². The van der Waals surface area contributed by atoms with Crippen molar-refractivity contribution in [3.8, 4) is 11.6 Å². The van der Waals surface area contributed by atoms with E-state index in [-0.39, 0.29) is 11.3 Å². The second-order valence-electron chi connectivity index (χ2n) is 10.6. The monoisotopic (exact) mass is 643 g/mol. The molecule has 0 aliphatic carbocycles. The number of aliphatic imine (C=N–C) groups is 1. The molecule has 2 aromatic heterocycles.